The Bertz CT molecular complexity index is 643. The van der Waals surface area contributed by atoms with Crippen molar-refractivity contribution < 1.29 is 18.0 Å². The van der Waals surface area contributed by atoms with E-state index in [0.717, 1.165) is 16.7 Å². The Morgan fingerprint density at radius 1 is 0.947 bits per heavy atom. The molecule has 1 aromatic heterocycles. The minimum Gasteiger partial charge on any atom is -0.436 e. The van der Waals surface area contributed by atoms with E-state index >= 15 is 0 Å². The molecule has 0 unspecified atom stereocenters. The molecule has 0 aliphatic heterocycles. The number of aromatic nitrogens is 1. The molecular weight excluding hydrogens is 252 g/mol. The number of carbonyl (C=O) groups excluding carboxylic acids is 1. The Morgan fingerprint density at radius 3 is 2.16 bits per heavy atom. The van der Waals surface area contributed by atoms with E-state index in [1.807, 2.05) is 54.6 Å². The molecule has 0 fully saturated rings. The lowest BCUT2D eigenvalue weighted by atomic mass is 10.2. The fraction of sp³-hybridized carbons (Fsp3) is 0. The molecule has 5 heteroatoms. The quantitative estimate of drug-likeness (QED) is 0.604. The average Bonchev–Trinajstić information content (AvgIpc) is 2.83. The monoisotopic (exact) mass is 261 g/mol. The van der Waals surface area contributed by atoms with Crippen LogP contribution in [0.3, 0.4) is 0 Å². The molecule has 96 valence electrons. The van der Waals surface area contributed by atoms with Crippen LogP contribution < -0.4 is 0 Å². The van der Waals surface area contributed by atoms with Gasteiger partial charge in [-0.25, -0.2) is 9.78 Å². The number of halogens is 2. The van der Waals surface area contributed by atoms with Gasteiger partial charge in [0.25, 0.3) is 0 Å². The summed E-state index contributed by atoms with van der Waals surface area (Å²) < 4.78 is 25.0. The maximum Gasteiger partial charge on any atom is 0.483 e. The molecule has 0 bridgehead atoms. The van der Waals surface area contributed by atoms with E-state index in [1.54, 1.807) is 0 Å². The first-order valence-electron chi connectivity index (χ1n) is 5.43. The van der Waals surface area contributed by atoms with E-state index in [-0.39, 0.29) is 0 Å². The normalized spacial score (nSPS) is 9.79. The van der Waals surface area contributed by atoms with Gasteiger partial charge in [0.05, 0.1) is 0 Å². The van der Waals surface area contributed by atoms with Crippen LogP contribution in [0.2, 0.25) is 0 Å². The Hall–Kier alpha value is -2.56. The molecule has 0 aliphatic carbocycles. The SMILES string of the molecule is O=C(F)F.c1ccc(-c2nc3ccccc3o2)cc1. The first-order chi connectivity index (χ1) is 9.16. The molecule has 19 heavy (non-hydrogen) atoms. The molecule has 1 heterocycles. The molecule has 0 N–H and O–H groups in total. The fourth-order valence-corrected chi connectivity index (χ4v) is 1.58. The van der Waals surface area contributed by atoms with Crippen LogP contribution in [0.5, 0.6) is 0 Å². The standard InChI is InChI=1S/C13H9NO.CF2O/c1-2-6-10(7-3-1)13-14-11-8-4-5-9-12(11)15-13;2-1(3)4/h1-9H;. The lowest BCUT2D eigenvalue weighted by molar-refractivity contribution is 0.199. The van der Waals surface area contributed by atoms with E-state index in [9.17, 15) is 8.78 Å². The van der Waals surface area contributed by atoms with Crippen LogP contribution in [0.25, 0.3) is 22.6 Å². The van der Waals surface area contributed by atoms with Gasteiger partial charge in [-0.1, -0.05) is 30.3 Å². The minimum absolute atomic E-state index is 0.678. The smallest absolute Gasteiger partial charge is 0.436 e. The number of benzene rings is 2. The van der Waals surface area contributed by atoms with Gasteiger partial charge in [0.2, 0.25) is 5.89 Å². The number of fused-ring (bicyclic) bond motifs is 1. The summed E-state index contributed by atoms with van der Waals surface area (Å²) in [7, 11) is 0. The second-order valence-corrected chi connectivity index (χ2v) is 3.58. The van der Waals surface area contributed by atoms with Crippen molar-refractivity contribution in [1.82, 2.24) is 4.98 Å². The zero-order valence-corrected chi connectivity index (χ0v) is 9.72. The number of para-hydroxylation sites is 2. The first kappa shape index (κ1) is 12.9. The number of nitrogens with zero attached hydrogens (tertiary/aromatic N) is 1. The van der Waals surface area contributed by atoms with E-state index in [0.29, 0.717) is 5.89 Å². The third-order valence-electron chi connectivity index (χ3n) is 2.31. The largest absolute Gasteiger partial charge is 0.483 e. The van der Waals surface area contributed by atoms with Crippen molar-refractivity contribution in [2.45, 2.75) is 0 Å². The molecule has 0 saturated heterocycles. The van der Waals surface area contributed by atoms with Crippen molar-refractivity contribution in [1.29, 1.82) is 0 Å². The third-order valence-corrected chi connectivity index (χ3v) is 2.31. The van der Waals surface area contributed by atoms with Crippen molar-refractivity contribution in [2.75, 3.05) is 0 Å². The average molecular weight is 261 g/mol. The van der Waals surface area contributed by atoms with E-state index < -0.39 is 6.29 Å². The van der Waals surface area contributed by atoms with Crippen LogP contribution in [0.4, 0.5) is 13.6 Å². The highest BCUT2D eigenvalue weighted by atomic mass is 19.3. The number of rotatable bonds is 1. The topological polar surface area (TPSA) is 43.1 Å². The minimum atomic E-state index is -2.83. The van der Waals surface area contributed by atoms with Crippen molar-refractivity contribution >= 4 is 17.4 Å². The van der Waals surface area contributed by atoms with Crippen molar-refractivity contribution in [2.24, 2.45) is 0 Å². The Morgan fingerprint density at radius 2 is 1.53 bits per heavy atom. The van der Waals surface area contributed by atoms with Crippen LogP contribution >= 0.6 is 0 Å². The fourth-order valence-electron chi connectivity index (χ4n) is 1.58. The summed E-state index contributed by atoms with van der Waals surface area (Å²) in [6, 6.07) is 17.7. The molecule has 3 nitrogen and oxygen atoms in total. The highest BCUT2D eigenvalue weighted by Crippen LogP contribution is 2.23. The van der Waals surface area contributed by atoms with Crippen LogP contribution in [-0.4, -0.2) is 11.3 Å². The van der Waals surface area contributed by atoms with Gasteiger partial charge < -0.3 is 4.42 Å². The molecule has 0 amide bonds. The van der Waals surface area contributed by atoms with Gasteiger partial charge in [0.1, 0.15) is 5.52 Å². The third kappa shape index (κ3) is 3.45. The summed E-state index contributed by atoms with van der Waals surface area (Å²) >= 11 is 0. The van der Waals surface area contributed by atoms with Crippen molar-refractivity contribution in [3.05, 3.63) is 54.6 Å². The van der Waals surface area contributed by atoms with Crippen LogP contribution in [0.15, 0.2) is 59.0 Å². The molecule has 0 aliphatic rings. The van der Waals surface area contributed by atoms with Crippen molar-refractivity contribution in [3.8, 4) is 11.5 Å². The van der Waals surface area contributed by atoms with Gasteiger partial charge in [-0.05, 0) is 24.3 Å². The lowest BCUT2D eigenvalue weighted by Gasteiger charge is -1.91. The van der Waals surface area contributed by atoms with Gasteiger partial charge in [-0.3, -0.25) is 0 Å². The lowest BCUT2D eigenvalue weighted by Crippen LogP contribution is -1.74. The summed E-state index contributed by atoms with van der Waals surface area (Å²) in [6.45, 7) is 0. The highest BCUT2D eigenvalue weighted by Gasteiger charge is 2.05. The predicted octanol–water partition coefficient (Wildman–Crippen LogP) is 4.54. The second-order valence-electron chi connectivity index (χ2n) is 3.58. The Balaban J connectivity index is 0.000000297. The summed E-state index contributed by atoms with van der Waals surface area (Å²) in [5.74, 6) is 0.678. The second kappa shape index (κ2) is 5.86. The van der Waals surface area contributed by atoms with Gasteiger partial charge >= 0.3 is 6.29 Å². The van der Waals surface area contributed by atoms with E-state index in [1.165, 1.54) is 0 Å². The molecule has 2 aromatic carbocycles. The number of hydrogen-bond acceptors (Lipinski definition) is 3. The van der Waals surface area contributed by atoms with E-state index in [2.05, 4.69) is 4.98 Å². The molecule has 0 saturated carbocycles. The number of hydrogen-bond donors (Lipinski definition) is 0. The van der Waals surface area contributed by atoms with Crippen LogP contribution in [0, 0.1) is 0 Å². The molecule has 3 aromatic rings. The van der Waals surface area contributed by atoms with Gasteiger partial charge in [-0.15, -0.1) is 8.78 Å². The highest BCUT2D eigenvalue weighted by molar-refractivity contribution is 5.75. The van der Waals surface area contributed by atoms with Crippen molar-refractivity contribution in [3.63, 3.8) is 0 Å². The molecule has 0 atom stereocenters. The first-order valence-corrected chi connectivity index (χ1v) is 5.43. The Labute approximate surface area is 107 Å². The molecule has 0 spiro atoms. The summed E-state index contributed by atoms with van der Waals surface area (Å²) in [5, 5.41) is 0. The van der Waals surface area contributed by atoms with Gasteiger partial charge in [0, 0.05) is 5.56 Å². The predicted molar refractivity (Wildman–Crippen MR) is 67.1 cm³/mol. The van der Waals surface area contributed by atoms with Gasteiger partial charge in [-0.2, -0.15) is 0 Å². The zero-order valence-electron chi connectivity index (χ0n) is 9.72. The van der Waals surface area contributed by atoms with Crippen LogP contribution in [0.1, 0.15) is 0 Å². The summed E-state index contributed by atoms with van der Waals surface area (Å²) in [5.41, 5.74) is 2.74. The maximum absolute atomic E-state index is 9.69. The number of carbonyl (C=O) groups is 1. The molecular formula is C14H9F2NO2. The molecule has 3 rings (SSSR count). The summed E-state index contributed by atoms with van der Waals surface area (Å²) in [6.07, 6.45) is -2.83. The maximum atomic E-state index is 9.69. The van der Waals surface area contributed by atoms with Gasteiger partial charge in [0.15, 0.2) is 5.58 Å². The number of oxazole rings is 1. The Kier molecular flexibility index (Phi) is 3.97. The van der Waals surface area contributed by atoms with Crippen LogP contribution in [-0.2, 0) is 0 Å². The van der Waals surface area contributed by atoms with E-state index in [4.69, 9.17) is 9.21 Å². The summed E-state index contributed by atoms with van der Waals surface area (Å²) in [4.78, 5) is 12.5. The zero-order chi connectivity index (χ0) is 13.7. The molecule has 0 radical (unpaired) electrons.